The Morgan fingerprint density at radius 2 is 1.45 bits per heavy atom. The van der Waals surface area contributed by atoms with Crippen LogP contribution in [0.15, 0.2) is 109 Å². The molecule has 354 valence electrons. The number of hydrogen-bond donors (Lipinski definition) is 2. The van der Waals surface area contributed by atoms with Crippen molar-refractivity contribution in [1.82, 2.24) is 9.47 Å². The van der Waals surface area contributed by atoms with E-state index in [-0.39, 0.29) is 40.7 Å². The Morgan fingerprint density at radius 1 is 0.833 bits per heavy atom. The summed E-state index contributed by atoms with van der Waals surface area (Å²) in [5.41, 5.74) is 0.576. The lowest BCUT2D eigenvalue weighted by Gasteiger charge is -2.43. The first-order valence-electron chi connectivity index (χ1n) is 22.7. The molecule has 1 aliphatic rings. The molecule has 1 aromatic heterocycles. The highest BCUT2D eigenvalue weighted by atomic mass is 28.4. The van der Waals surface area contributed by atoms with E-state index in [4.69, 9.17) is 18.6 Å². The van der Waals surface area contributed by atoms with Crippen LogP contribution in [0, 0.1) is 17.8 Å². The maximum atomic E-state index is 14.1. The zero-order valence-electron chi connectivity index (χ0n) is 39.3. The zero-order chi connectivity index (χ0) is 47.5. The van der Waals surface area contributed by atoms with E-state index >= 15 is 0 Å². The van der Waals surface area contributed by atoms with Crippen molar-refractivity contribution in [2.24, 2.45) is 5.92 Å². The Labute approximate surface area is 389 Å². The van der Waals surface area contributed by atoms with Gasteiger partial charge < -0.3 is 38.5 Å². The minimum absolute atomic E-state index is 0.0479. The second-order valence-electron chi connectivity index (χ2n) is 18.9. The Balaban J connectivity index is 1.08. The van der Waals surface area contributed by atoms with Crippen LogP contribution in [-0.4, -0.2) is 107 Å². The molecule has 5 aromatic rings. The van der Waals surface area contributed by atoms with E-state index in [1.54, 1.807) is 57.2 Å². The summed E-state index contributed by atoms with van der Waals surface area (Å²) >= 11 is 0. The molecule has 2 atom stereocenters. The third kappa shape index (κ3) is 13.0. The molecule has 2 unspecified atom stereocenters. The number of para-hydroxylation sites is 2. The Bertz CT molecular complexity index is 2370. The van der Waals surface area contributed by atoms with E-state index in [1.165, 1.54) is 21.3 Å². The maximum Gasteiger partial charge on any atom is 0.415 e. The second kappa shape index (κ2) is 22.0. The quantitative estimate of drug-likeness (QED) is 0.0542. The third-order valence-corrected chi connectivity index (χ3v) is 16.8. The van der Waals surface area contributed by atoms with Gasteiger partial charge >= 0.3 is 12.3 Å². The Morgan fingerprint density at radius 3 is 2.08 bits per heavy atom. The van der Waals surface area contributed by atoms with Crippen LogP contribution in [0.4, 0.5) is 29.3 Å². The van der Waals surface area contributed by atoms with Gasteiger partial charge in [0.15, 0.2) is 0 Å². The summed E-state index contributed by atoms with van der Waals surface area (Å²) < 4.78 is 68.1. The van der Waals surface area contributed by atoms with Crippen molar-refractivity contribution in [3.63, 3.8) is 0 Å². The van der Waals surface area contributed by atoms with Crippen LogP contribution < -0.4 is 20.6 Å². The largest absolute Gasteiger partial charge is 0.506 e. The number of aromatic hydroxyl groups is 1. The smallest absolute Gasteiger partial charge is 0.415 e. The van der Waals surface area contributed by atoms with E-state index in [1.807, 2.05) is 18.2 Å². The number of nitrogens with zero attached hydrogens (tertiary/aromatic N) is 3. The summed E-state index contributed by atoms with van der Waals surface area (Å²) in [6.07, 6.45) is -3.65. The maximum absolute atomic E-state index is 14.1. The minimum atomic E-state index is -4.52. The lowest BCUT2D eigenvalue weighted by molar-refractivity contribution is -0.140. The molecule has 1 amide bonds. The molecule has 0 radical (unpaired) electrons. The highest BCUT2D eigenvalue weighted by molar-refractivity contribution is 6.99. The summed E-state index contributed by atoms with van der Waals surface area (Å²) in [4.78, 5) is 16.7. The lowest BCUT2D eigenvalue weighted by Crippen LogP contribution is -2.66. The number of amides is 1. The second-order valence-corrected chi connectivity index (χ2v) is 23.2. The molecular weight excluding hydrogens is 862 g/mol. The molecule has 1 fully saturated rings. The number of rotatable bonds is 17. The molecule has 10 nitrogen and oxygen atoms in total. The molecule has 14 heteroatoms. The molecule has 0 saturated carbocycles. The molecule has 4 aromatic carbocycles. The number of anilines is 2. The van der Waals surface area contributed by atoms with Crippen molar-refractivity contribution < 1.29 is 41.7 Å². The average molecular weight is 927 g/mol. The Kier molecular flexibility index (Phi) is 16.7. The standard InChI is InChI=1S/C52H65F3N4O6Si/c1-50(2,3)65-49(61)58(47-24-14-15-26-48(47)60)29-17-18-40-36-43-45(23-16-25-46(43)59(40)38-52(53,54)55)56-44-27-30-57(7)37-39(44)28-31-62-32-33-63-34-35-64-66(51(4,5)6,41-19-10-8-11-20-41)42-21-12-9-13-22-42/h8-16,19-26,36,39,44,56,60H,27-35,37-38H2,1-7H3. The fourth-order valence-corrected chi connectivity index (χ4v) is 13.3. The molecule has 2 heterocycles. The molecule has 6 rings (SSSR count). The number of fused-ring (bicyclic) bond motifs is 1. The molecule has 1 saturated heterocycles. The number of carbonyl (C=O) groups is 1. The number of halogens is 3. The number of phenols is 1. The highest BCUT2D eigenvalue weighted by Crippen LogP contribution is 2.37. The van der Waals surface area contributed by atoms with E-state index in [9.17, 15) is 23.1 Å². The first kappa shape index (κ1) is 50.1. The summed E-state index contributed by atoms with van der Waals surface area (Å²) in [6.45, 7) is 14.5. The number of likely N-dealkylation sites (tertiary alicyclic amines) is 1. The predicted octanol–water partition coefficient (Wildman–Crippen LogP) is 9.43. The van der Waals surface area contributed by atoms with Gasteiger partial charge in [-0.25, -0.2) is 4.79 Å². The minimum Gasteiger partial charge on any atom is -0.506 e. The summed E-state index contributed by atoms with van der Waals surface area (Å²) in [5.74, 6) is 5.84. The number of piperidine rings is 1. The first-order chi connectivity index (χ1) is 31.4. The molecule has 1 aliphatic heterocycles. The van der Waals surface area contributed by atoms with Gasteiger partial charge in [0, 0.05) is 30.3 Å². The van der Waals surface area contributed by atoms with Crippen molar-refractivity contribution in [3.05, 3.63) is 115 Å². The first-order valence-corrected chi connectivity index (χ1v) is 24.6. The topological polar surface area (TPSA) is 97.7 Å². The summed E-state index contributed by atoms with van der Waals surface area (Å²) in [5, 5.41) is 17.2. The zero-order valence-corrected chi connectivity index (χ0v) is 40.3. The van der Waals surface area contributed by atoms with Crippen LogP contribution in [0.2, 0.25) is 5.04 Å². The summed E-state index contributed by atoms with van der Waals surface area (Å²) in [6, 6.07) is 34.4. The van der Waals surface area contributed by atoms with Crippen LogP contribution >= 0.6 is 0 Å². The number of nitrogens with one attached hydrogen (secondary N) is 1. The van der Waals surface area contributed by atoms with Crippen molar-refractivity contribution in [2.75, 3.05) is 69.9 Å². The number of alkyl halides is 3. The van der Waals surface area contributed by atoms with Gasteiger partial charge in [-0.15, -0.1) is 0 Å². The molecule has 2 N–H and O–H groups in total. The van der Waals surface area contributed by atoms with E-state index in [0.29, 0.717) is 43.9 Å². The number of phenolic OH excluding ortho intramolecular Hbond substituents is 1. The van der Waals surface area contributed by atoms with Gasteiger partial charge in [0.25, 0.3) is 8.32 Å². The van der Waals surface area contributed by atoms with Crippen molar-refractivity contribution in [3.8, 4) is 17.6 Å². The molecule has 0 bridgehead atoms. The number of aromatic nitrogens is 1. The van der Waals surface area contributed by atoms with Gasteiger partial charge in [-0.2, -0.15) is 13.2 Å². The van der Waals surface area contributed by atoms with Gasteiger partial charge in [0.1, 0.15) is 17.9 Å². The van der Waals surface area contributed by atoms with Crippen LogP contribution in [0.1, 0.15) is 60.1 Å². The summed E-state index contributed by atoms with van der Waals surface area (Å²) in [7, 11) is -0.549. The fourth-order valence-electron chi connectivity index (χ4n) is 8.80. The van der Waals surface area contributed by atoms with Crippen molar-refractivity contribution >= 4 is 47.1 Å². The van der Waals surface area contributed by atoms with Crippen LogP contribution in [0.3, 0.4) is 0 Å². The number of carbonyl (C=O) groups excluding carboxylic acids is 1. The molecular formula is C52H65F3N4O6Si. The molecule has 0 aliphatic carbocycles. The predicted molar refractivity (Wildman–Crippen MR) is 259 cm³/mol. The van der Waals surface area contributed by atoms with Gasteiger partial charge in [-0.05, 0) is 105 Å². The van der Waals surface area contributed by atoms with E-state index in [0.717, 1.165) is 36.2 Å². The molecule has 66 heavy (non-hydrogen) atoms. The number of hydrogen-bond acceptors (Lipinski definition) is 8. The number of ether oxygens (including phenoxy) is 3. The SMILES string of the molecule is CN1CCC(Nc2cccc3c2cc(C#CCN(C(=O)OC(C)(C)C)c2ccccc2O)n3CC(F)(F)F)C(CCOCCOCCO[Si](c2ccccc2)(c2ccccc2)C(C)(C)C)C1. The van der Waals surface area contributed by atoms with Gasteiger partial charge in [-0.3, -0.25) is 4.90 Å². The van der Waals surface area contributed by atoms with Crippen molar-refractivity contribution in [2.45, 2.75) is 83.8 Å². The van der Waals surface area contributed by atoms with Crippen LogP contribution in [0.5, 0.6) is 5.75 Å². The van der Waals surface area contributed by atoms with Crippen LogP contribution in [0.25, 0.3) is 10.9 Å². The van der Waals surface area contributed by atoms with Gasteiger partial charge in [0.2, 0.25) is 0 Å². The Hall–Kier alpha value is -5.30. The number of benzene rings is 4. The van der Waals surface area contributed by atoms with Crippen LogP contribution in [-0.2, 0) is 25.2 Å². The third-order valence-electron chi connectivity index (χ3n) is 11.8. The van der Waals surface area contributed by atoms with E-state index < -0.39 is 32.7 Å². The van der Waals surface area contributed by atoms with Gasteiger partial charge in [-0.1, -0.05) is 106 Å². The monoisotopic (exact) mass is 926 g/mol. The normalized spacial score (nSPS) is 16.2. The van der Waals surface area contributed by atoms with E-state index in [2.05, 4.69) is 98.4 Å². The van der Waals surface area contributed by atoms with Gasteiger partial charge in [0.05, 0.1) is 49.9 Å². The highest BCUT2D eigenvalue weighted by Gasteiger charge is 2.50. The fraction of sp³-hybridized carbons (Fsp3) is 0.442. The van der Waals surface area contributed by atoms with Crippen molar-refractivity contribution in [1.29, 1.82) is 0 Å². The lowest BCUT2D eigenvalue weighted by atomic mass is 9.89. The molecule has 0 spiro atoms. The average Bonchev–Trinajstić information content (AvgIpc) is 3.60.